The monoisotopic (exact) mass is 123 g/mol. The second-order valence-corrected chi connectivity index (χ2v) is 1.03. The summed E-state index contributed by atoms with van der Waals surface area (Å²) in [5.41, 5.74) is 0. The van der Waals surface area contributed by atoms with Crippen LogP contribution in [0.25, 0.3) is 0 Å². The third-order valence-electron chi connectivity index (χ3n) is 0.440. The number of carboxylic acids is 1. The van der Waals surface area contributed by atoms with Crippen molar-refractivity contribution >= 4 is 5.97 Å². The van der Waals surface area contributed by atoms with Crippen molar-refractivity contribution in [1.82, 2.24) is 5.23 Å². The molecule has 6 heteroatoms. The van der Waals surface area contributed by atoms with Crippen molar-refractivity contribution in [2.75, 3.05) is 0 Å². The van der Waals surface area contributed by atoms with Crippen LogP contribution in [0.2, 0.25) is 0 Å². The molecule has 0 rings (SSSR count). The average molecular weight is 123 g/mol. The molecule has 0 heterocycles. The highest BCUT2D eigenvalue weighted by molar-refractivity contribution is 5.70. The Kier molecular flexibility index (Phi) is 2.35. The largest absolute Gasteiger partial charge is 0.478 e. The summed E-state index contributed by atoms with van der Waals surface area (Å²) in [5.74, 6) is -1.73. The molecule has 48 valence electrons. The second kappa shape index (κ2) is 2.58. The molecule has 0 bridgehead atoms. The zero-order valence-corrected chi connectivity index (χ0v) is 3.72. The standard InChI is InChI=1S/C2H5NO5/c4-1(2(5)6)3(7)8/h1,4,7-8H,(H,5,6). The summed E-state index contributed by atoms with van der Waals surface area (Å²) >= 11 is 0. The van der Waals surface area contributed by atoms with Gasteiger partial charge in [0.25, 0.3) is 6.23 Å². The molecule has 0 aliphatic rings. The minimum absolute atomic E-state index is 0.803. The summed E-state index contributed by atoms with van der Waals surface area (Å²) in [6.07, 6.45) is -2.27. The van der Waals surface area contributed by atoms with Crippen molar-refractivity contribution < 1.29 is 25.4 Å². The molecular weight excluding hydrogens is 118 g/mol. The lowest BCUT2D eigenvalue weighted by Gasteiger charge is -2.07. The quantitative estimate of drug-likeness (QED) is 0.262. The van der Waals surface area contributed by atoms with Gasteiger partial charge in [-0.2, -0.15) is 0 Å². The van der Waals surface area contributed by atoms with E-state index in [4.69, 9.17) is 20.6 Å². The van der Waals surface area contributed by atoms with E-state index in [1.807, 2.05) is 0 Å². The van der Waals surface area contributed by atoms with Gasteiger partial charge < -0.3 is 10.2 Å². The van der Waals surface area contributed by atoms with E-state index in [9.17, 15) is 4.79 Å². The minimum atomic E-state index is -2.27. The second-order valence-electron chi connectivity index (χ2n) is 1.03. The summed E-state index contributed by atoms with van der Waals surface area (Å²) in [6, 6.07) is 0. The van der Waals surface area contributed by atoms with Crippen LogP contribution in [0.15, 0.2) is 0 Å². The van der Waals surface area contributed by atoms with Crippen LogP contribution in [0, 0.1) is 0 Å². The Morgan fingerprint density at radius 2 is 1.88 bits per heavy atom. The van der Waals surface area contributed by atoms with Crippen molar-refractivity contribution in [2.45, 2.75) is 6.23 Å². The van der Waals surface area contributed by atoms with Crippen LogP contribution in [-0.4, -0.2) is 38.1 Å². The van der Waals surface area contributed by atoms with E-state index in [0.717, 1.165) is 0 Å². The van der Waals surface area contributed by atoms with Gasteiger partial charge in [-0.3, -0.25) is 10.4 Å². The molecule has 0 fully saturated rings. The van der Waals surface area contributed by atoms with Gasteiger partial charge in [0, 0.05) is 0 Å². The lowest BCUT2D eigenvalue weighted by Crippen LogP contribution is -2.35. The van der Waals surface area contributed by atoms with Gasteiger partial charge in [0.05, 0.1) is 0 Å². The molecule has 0 saturated heterocycles. The van der Waals surface area contributed by atoms with Crippen molar-refractivity contribution in [3.05, 3.63) is 0 Å². The first-order chi connectivity index (χ1) is 3.55. The fourth-order valence-corrected chi connectivity index (χ4v) is 0.0988. The summed E-state index contributed by atoms with van der Waals surface area (Å²) in [4.78, 5) is 9.53. The van der Waals surface area contributed by atoms with Crippen LogP contribution in [0.4, 0.5) is 0 Å². The Hall–Kier alpha value is -0.690. The van der Waals surface area contributed by atoms with Gasteiger partial charge in [0.2, 0.25) is 0 Å². The molecule has 0 aromatic heterocycles. The van der Waals surface area contributed by atoms with E-state index in [2.05, 4.69) is 0 Å². The van der Waals surface area contributed by atoms with Crippen LogP contribution >= 0.6 is 0 Å². The van der Waals surface area contributed by atoms with E-state index < -0.39 is 17.4 Å². The van der Waals surface area contributed by atoms with Gasteiger partial charge in [-0.1, -0.05) is 0 Å². The molecule has 0 aromatic carbocycles. The van der Waals surface area contributed by atoms with Gasteiger partial charge in [0.1, 0.15) is 0 Å². The zero-order valence-electron chi connectivity index (χ0n) is 3.72. The molecular formula is C2H5NO5. The Morgan fingerprint density at radius 3 is 1.88 bits per heavy atom. The fraction of sp³-hybridized carbons (Fsp3) is 0.500. The molecule has 1 unspecified atom stereocenters. The highest BCUT2D eigenvalue weighted by Crippen LogP contribution is 1.83. The van der Waals surface area contributed by atoms with E-state index in [1.165, 1.54) is 0 Å². The Labute approximate surface area is 44.1 Å². The average Bonchev–Trinajstić information content (AvgIpc) is 1.64. The molecule has 0 spiro atoms. The third kappa shape index (κ3) is 1.85. The maximum absolute atomic E-state index is 9.53. The van der Waals surface area contributed by atoms with Crippen LogP contribution < -0.4 is 0 Å². The predicted molar refractivity (Wildman–Crippen MR) is 19.1 cm³/mol. The molecule has 0 aliphatic carbocycles. The Balaban J connectivity index is 3.64. The number of rotatable bonds is 2. The van der Waals surface area contributed by atoms with E-state index in [1.54, 1.807) is 0 Å². The molecule has 6 nitrogen and oxygen atoms in total. The van der Waals surface area contributed by atoms with Crippen molar-refractivity contribution in [2.24, 2.45) is 0 Å². The van der Waals surface area contributed by atoms with Crippen LogP contribution in [0.3, 0.4) is 0 Å². The first-order valence-corrected chi connectivity index (χ1v) is 1.63. The van der Waals surface area contributed by atoms with Gasteiger partial charge >= 0.3 is 5.97 Å². The van der Waals surface area contributed by atoms with Gasteiger partial charge in [-0.15, -0.1) is 0 Å². The van der Waals surface area contributed by atoms with Crippen LogP contribution in [-0.2, 0) is 4.79 Å². The van der Waals surface area contributed by atoms with Crippen LogP contribution in [0.1, 0.15) is 0 Å². The molecule has 8 heavy (non-hydrogen) atoms. The third-order valence-corrected chi connectivity index (χ3v) is 0.440. The molecule has 0 aromatic rings. The number of aliphatic hydroxyl groups is 1. The Morgan fingerprint density at radius 1 is 1.50 bits per heavy atom. The Bertz CT molecular complexity index is 90.4. The summed E-state index contributed by atoms with van der Waals surface area (Å²) in [7, 11) is 0. The molecule has 0 aliphatic heterocycles. The number of hydroxylamine groups is 2. The summed E-state index contributed by atoms with van der Waals surface area (Å²) in [5, 5.41) is 30.5. The lowest BCUT2D eigenvalue weighted by atomic mass is 10.6. The van der Waals surface area contributed by atoms with Crippen LogP contribution in [0.5, 0.6) is 0 Å². The summed E-state index contributed by atoms with van der Waals surface area (Å²) in [6.45, 7) is 0. The van der Waals surface area contributed by atoms with Crippen molar-refractivity contribution in [3.63, 3.8) is 0 Å². The number of hydrogen-bond donors (Lipinski definition) is 4. The maximum Gasteiger partial charge on any atom is 0.352 e. The number of aliphatic hydroxyl groups excluding tert-OH is 1. The normalized spacial score (nSPS) is 14.0. The van der Waals surface area contributed by atoms with Gasteiger partial charge in [0.15, 0.2) is 0 Å². The molecule has 4 N–H and O–H groups in total. The molecule has 0 radical (unpaired) electrons. The highest BCUT2D eigenvalue weighted by atomic mass is 16.8. The van der Waals surface area contributed by atoms with E-state index >= 15 is 0 Å². The SMILES string of the molecule is O=C(O)C(O)N(O)O. The zero-order chi connectivity index (χ0) is 6.73. The number of nitrogens with zero attached hydrogens (tertiary/aromatic N) is 1. The molecule has 0 amide bonds. The lowest BCUT2D eigenvalue weighted by molar-refractivity contribution is -0.362. The first kappa shape index (κ1) is 7.31. The van der Waals surface area contributed by atoms with Crippen molar-refractivity contribution in [3.8, 4) is 0 Å². The van der Waals surface area contributed by atoms with E-state index in [0.29, 0.717) is 0 Å². The van der Waals surface area contributed by atoms with E-state index in [-0.39, 0.29) is 0 Å². The smallest absolute Gasteiger partial charge is 0.352 e. The molecule has 0 saturated carbocycles. The van der Waals surface area contributed by atoms with Gasteiger partial charge in [-0.05, 0) is 5.23 Å². The fourth-order valence-electron chi connectivity index (χ4n) is 0.0988. The number of aliphatic carboxylic acids is 1. The minimum Gasteiger partial charge on any atom is -0.478 e. The summed E-state index contributed by atoms with van der Waals surface area (Å²) < 4.78 is 0. The van der Waals surface area contributed by atoms with Gasteiger partial charge in [-0.25, -0.2) is 4.79 Å². The molecule has 1 atom stereocenters. The maximum atomic E-state index is 9.53. The number of carbonyl (C=O) groups is 1. The van der Waals surface area contributed by atoms with Crippen molar-refractivity contribution in [1.29, 1.82) is 0 Å². The predicted octanol–water partition coefficient (Wildman–Crippen LogP) is -1.53. The number of carboxylic acid groups (broad SMARTS) is 1. The first-order valence-electron chi connectivity index (χ1n) is 1.63. The highest BCUT2D eigenvalue weighted by Gasteiger charge is 2.18. The number of hydrogen-bond acceptors (Lipinski definition) is 5. The topological polar surface area (TPSA) is 101 Å².